The molecule has 2 heterocycles. The molecule has 0 saturated carbocycles. The number of halogens is 1. The third kappa shape index (κ3) is 4.41. The van der Waals surface area contributed by atoms with Crippen molar-refractivity contribution in [3.8, 4) is 22.6 Å². The number of aromatic nitrogens is 3. The van der Waals surface area contributed by atoms with E-state index in [9.17, 15) is 0 Å². The van der Waals surface area contributed by atoms with Crippen molar-refractivity contribution >= 4 is 28.5 Å². The van der Waals surface area contributed by atoms with E-state index < -0.39 is 0 Å². The second-order valence-corrected chi connectivity index (χ2v) is 8.05. The van der Waals surface area contributed by atoms with Gasteiger partial charge in [-0.05, 0) is 54.4 Å². The van der Waals surface area contributed by atoms with E-state index in [1.165, 1.54) is 0 Å². The average molecular weight is 455 g/mol. The minimum absolute atomic E-state index is 0.606. The van der Waals surface area contributed by atoms with E-state index in [0.29, 0.717) is 18.2 Å². The number of benzene rings is 3. The van der Waals surface area contributed by atoms with Crippen LogP contribution in [0.25, 0.3) is 27.8 Å². The van der Waals surface area contributed by atoms with E-state index in [4.69, 9.17) is 16.3 Å². The van der Waals surface area contributed by atoms with Crippen molar-refractivity contribution in [2.24, 2.45) is 0 Å². The second kappa shape index (κ2) is 9.35. The van der Waals surface area contributed by atoms with E-state index in [1.807, 2.05) is 73.7 Å². The van der Waals surface area contributed by atoms with Crippen LogP contribution >= 0.6 is 11.6 Å². The third-order valence-corrected chi connectivity index (χ3v) is 5.68. The first-order chi connectivity index (χ1) is 16.2. The Bertz CT molecular complexity index is 1380. The van der Waals surface area contributed by atoms with Gasteiger partial charge in [-0.25, -0.2) is 9.97 Å². The monoisotopic (exact) mass is 454 g/mol. The van der Waals surface area contributed by atoms with Crippen LogP contribution in [0.4, 0.5) is 5.82 Å². The summed E-state index contributed by atoms with van der Waals surface area (Å²) in [6.45, 7) is 3.22. The van der Waals surface area contributed by atoms with Crippen LogP contribution in [-0.4, -0.2) is 21.1 Å². The maximum atomic E-state index is 6.16. The van der Waals surface area contributed by atoms with Gasteiger partial charge in [-0.15, -0.1) is 0 Å². The Labute approximate surface area is 197 Å². The van der Waals surface area contributed by atoms with Crippen LogP contribution < -0.4 is 10.1 Å². The maximum absolute atomic E-state index is 6.16. The zero-order valence-electron chi connectivity index (χ0n) is 18.2. The predicted octanol–water partition coefficient (Wildman–Crippen LogP) is 6.75. The summed E-state index contributed by atoms with van der Waals surface area (Å²) >= 11 is 6.16. The molecule has 0 bridgehead atoms. The molecule has 0 fully saturated rings. The molecule has 5 nitrogen and oxygen atoms in total. The van der Waals surface area contributed by atoms with Crippen LogP contribution in [0, 0.1) is 0 Å². The summed E-state index contributed by atoms with van der Waals surface area (Å²) in [5.41, 5.74) is 5.09. The molecule has 0 unspecified atom stereocenters. The van der Waals surface area contributed by atoms with Crippen molar-refractivity contribution in [2.45, 2.75) is 13.5 Å². The Morgan fingerprint density at radius 3 is 2.52 bits per heavy atom. The van der Waals surface area contributed by atoms with Gasteiger partial charge in [0.05, 0.1) is 12.0 Å². The smallest absolute Gasteiger partial charge is 0.150 e. The molecule has 0 aliphatic heterocycles. The van der Waals surface area contributed by atoms with Crippen LogP contribution in [0.15, 0.2) is 91.4 Å². The number of ether oxygens (including phenoxy) is 1. The summed E-state index contributed by atoms with van der Waals surface area (Å²) in [7, 11) is 0. The van der Waals surface area contributed by atoms with Crippen LogP contribution in [0.5, 0.6) is 5.75 Å². The molecule has 2 aromatic heterocycles. The van der Waals surface area contributed by atoms with Gasteiger partial charge >= 0.3 is 0 Å². The number of fused-ring (bicyclic) bond motifs is 1. The fourth-order valence-corrected chi connectivity index (χ4v) is 4.14. The van der Waals surface area contributed by atoms with Crippen molar-refractivity contribution in [1.29, 1.82) is 0 Å². The topological polar surface area (TPSA) is 52.0 Å². The number of rotatable bonds is 7. The van der Waals surface area contributed by atoms with Gasteiger partial charge < -0.3 is 14.6 Å². The summed E-state index contributed by atoms with van der Waals surface area (Å²) in [6.07, 6.45) is 3.72. The number of nitrogens with one attached hydrogen (secondary N) is 1. The van der Waals surface area contributed by atoms with E-state index in [2.05, 4.69) is 38.2 Å². The first kappa shape index (κ1) is 21.0. The van der Waals surface area contributed by atoms with Crippen molar-refractivity contribution in [3.63, 3.8) is 0 Å². The maximum Gasteiger partial charge on any atom is 0.150 e. The number of hydrogen-bond acceptors (Lipinski definition) is 4. The Morgan fingerprint density at radius 2 is 1.76 bits per heavy atom. The normalized spacial score (nSPS) is 11.0. The van der Waals surface area contributed by atoms with Crippen molar-refractivity contribution in [1.82, 2.24) is 14.5 Å². The van der Waals surface area contributed by atoms with Gasteiger partial charge in [-0.2, -0.15) is 0 Å². The zero-order valence-corrected chi connectivity index (χ0v) is 19.0. The summed E-state index contributed by atoms with van der Waals surface area (Å²) in [4.78, 5) is 9.24. The highest BCUT2D eigenvalue weighted by Crippen LogP contribution is 2.35. The molecule has 0 amide bonds. The summed E-state index contributed by atoms with van der Waals surface area (Å²) in [6, 6.07) is 26.2. The Hall–Kier alpha value is -3.83. The standard InChI is InChI=1S/C27H23ClN4O/c1-2-33-23-13-11-22(12-14-23)32-17-24(20-8-4-3-5-9-20)25-26(30-18-31-27(25)32)29-16-19-7-6-10-21(28)15-19/h3-15,17-18H,2,16H2,1H3,(H,29,30,31). The average Bonchev–Trinajstić information content (AvgIpc) is 3.24. The molecule has 0 spiro atoms. The lowest BCUT2D eigenvalue weighted by Crippen LogP contribution is -2.03. The highest BCUT2D eigenvalue weighted by Gasteiger charge is 2.17. The molecule has 0 aliphatic rings. The minimum Gasteiger partial charge on any atom is -0.494 e. The van der Waals surface area contributed by atoms with Crippen molar-refractivity contribution < 1.29 is 4.74 Å². The lowest BCUT2D eigenvalue weighted by molar-refractivity contribution is 0.340. The molecule has 5 rings (SSSR count). The van der Waals surface area contributed by atoms with Gasteiger partial charge in [-0.1, -0.05) is 54.1 Å². The van der Waals surface area contributed by atoms with Gasteiger partial charge in [0, 0.05) is 29.0 Å². The third-order valence-electron chi connectivity index (χ3n) is 5.44. The molecule has 0 aliphatic carbocycles. The zero-order chi connectivity index (χ0) is 22.6. The summed E-state index contributed by atoms with van der Waals surface area (Å²) in [5, 5.41) is 5.18. The van der Waals surface area contributed by atoms with E-state index in [0.717, 1.165) is 45.0 Å². The molecule has 5 aromatic rings. The molecule has 3 aromatic carbocycles. The molecule has 1 N–H and O–H groups in total. The first-order valence-electron chi connectivity index (χ1n) is 10.9. The van der Waals surface area contributed by atoms with E-state index in [-0.39, 0.29) is 0 Å². The van der Waals surface area contributed by atoms with Crippen LogP contribution in [0.3, 0.4) is 0 Å². The van der Waals surface area contributed by atoms with Gasteiger partial charge in [0.1, 0.15) is 17.9 Å². The van der Waals surface area contributed by atoms with Gasteiger partial charge in [0.15, 0.2) is 5.65 Å². The molecular formula is C27H23ClN4O. The quantitative estimate of drug-likeness (QED) is 0.295. The molecule has 0 atom stereocenters. The van der Waals surface area contributed by atoms with Crippen LogP contribution in [0.2, 0.25) is 5.02 Å². The fraction of sp³-hybridized carbons (Fsp3) is 0.111. The van der Waals surface area contributed by atoms with E-state index >= 15 is 0 Å². The molecule has 0 radical (unpaired) electrons. The van der Waals surface area contributed by atoms with Gasteiger partial charge in [0.2, 0.25) is 0 Å². The lowest BCUT2D eigenvalue weighted by atomic mass is 10.1. The van der Waals surface area contributed by atoms with Crippen LogP contribution in [0.1, 0.15) is 12.5 Å². The molecule has 33 heavy (non-hydrogen) atoms. The lowest BCUT2D eigenvalue weighted by Gasteiger charge is -2.10. The van der Waals surface area contributed by atoms with Crippen LogP contribution in [-0.2, 0) is 6.54 Å². The fourth-order valence-electron chi connectivity index (χ4n) is 3.93. The SMILES string of the molecule is CCOc1ccc(-n2cc(-c3ccccc3)c3c(NCc4cccc(Cl)c4)ncnc32)cc1. The molecule has 0 saturated heterocycles. The molecule has 6 heteroatoms. The van der Waals surface area contributed by atoms with Gasteiger partial charge in [0.25, 0.3) is 0 Å². The van der Waals surface area contributed by atoms with Crippen molar-refractivity contribution in [2.75, 3.05) is 11.9 Å². The Balaban J connectivity index is 1.61. The van der Waals surface area contributed by atoms with E-state index in [1.54, 1.807) is 6.33 Å². The Morgan fingerprint density at radius 1 is 0.939 bits per heavy atom. The Kier molecular flexibility index (Phi) is 5.96. The number of hydrogen-bond donors (Lipinski definition) is 1. The highest BCUT2D eigenvalue weighted by molar-refractivity contribution is 6.30. The second-order valence-electron chi connectivity index (χ2n) is 7.61. The number of anilines is 1. The molecular weight excluding hydrogens is 432 g/mol. The largest absolute Gasteiger partial charge is 0.494 e. The summed E-state index contributed by atoms with van der Waals surface area (Å²) < 4.78 is 7.70. The summed E-state index contributed by atoms with van der Waals surface area (Å²) in [5.74, 6) is 1.63. The predicted molar refractivity (Wildman–Crippen MR) is 134 cm³/mol. The highest BCUT2D eigenvalue weighted by atomic mass is 35.5. The first-order valence-corrected chi connectivity index (χ1v) is 11.2. The minimum atomic E-state index is 0.606. The molecule has 164 valence electrons. The van der Waals surface area contributed by atoms with Gasteiger partial charge in [-0.3, -0.25) is 0 Å². The number of nitrogens with zero attached hydrogens (tertiary/aromatic N) is 3. The van der Waals surface area contributed by atoms with Crippen molar-refractivity contribution in [3.05, 3.63) is 102 Å².